The van der Waals surface area contributed by atoms with Gasteiger partial charge < -0.3 is 14.4 Å². The topological polar surface area (TPSA) is 76.2 Å². The lowest BCUT2D eigenvalue weighted by Gasteiger charge is -2.30. The molecule has 172 valence electrons. The van der Waals surface area contributed by atoms with Crippen molar-refractivity contribution >= 4 is 18.0 Å². The fourth-order valence-corrected chi connectivity index (χ4v) is 5.41. The Kier molecular flexibility index (Phi) is 5.79. The lowest BCUT2D eigenvalue weighted by atomic mass is 9.98. The highest BCUT2D eigenvalue weighted by Gasteiger charge is 2.42. The first-order valence-electron chi connectivity index (χ1n) is 11.6. The number of carbonyl (C=O) groups is 3. The number of nitrogens with zero attached hydrogens (tertiary/aromatic N) is 2. The van der Waals surface area contributed by atoms with Crippen LogP contribution in [0.1, 0.15) is 49.7 Å². The van der Waals surface area contributed by atoms with Crippen molar-refractivity contribution in [1.82, 2.24) is 9.80 Å². The van der Waals surface area contributed by atoms with Gasteiger partial charge in [-0.15, -0.1) is 0 Å². The molecule has 1 unspecified atom stereocenters. The molecule has 2 atom stereocenters. The van der Waals surface area contributed by atoms with Gasteiger partial charge in [-0.3, -0.25) is 14.5 Å². The monoisotopic (exact) mass is 448 g/mol. The van der Waals surface area contributed by atoms with E-state index in [2.05, 4.69) is 24.3 Å². The van der Waals surface area contributed by atoms with Crippen LogP contribution in [0.3, 0.4) is 0 Å². The standard InChI is InChI=1S/C26H28N2O5/c1-17(29)33-24-13-7-15-28(24)25(30)23-12-6-14-27(23)26(31)32-16-22-20-10-4-2-8-18(20)19-9-3-5-11-21(19)22/h2-5,8-11,22-24H,6-7,12-16H2,1H3/t23-,24?/m0/s1. The van der Waals surface area contributed by atoms with E-state index in [-0.39, 0.29) is 18.4 Å². The van der Waals surface area contributed by atoms with Crippen LogP contribution in [0.4, 0.5) is 4.79 Å². The molecule has 0 spiro atoms. The third-order valence-electron chi connectivity index (χ3n) is 6.89. The minimum absolute atomic E-state index is 0.0231. The first-order valence-corrected chi connectivity index (χ1v) is 11.6. The normalized spacial score (nSPS) is 21.6. The Labute approximate surface area is 193 Å². The summed E-state index contributed by atoms with van der Waals surface area (Å²) in [6.07, 6.45) is 1.74. The Morgan fingerprint density at radius 2 is 1.48 bits per heavy atom. The molecule has 2 amide bonds. The smallest absolute Gasteiger partial charge is 0.410 e. The summed E-state index contributed by atoms with van der Waals surface area (Å²) < 4.78 is 11.1. The van der Waals surface area contributed by atoms with Crippen molar-refractivity contribution in [2.45, 2.75) is 50.8 Å². The molecule has 7 heteroatoms. The second-order valence-corrected chi connectivity index (χ2v) is 8.89. The molecule has 2 saturated heterocycles. The molecular weight excluding hydrogens is 420 g/mol. The van der Waals surface area contributed by atoms with Crippen LogP contribution in [0.2, 0.25) is 0 Å². The molecule has 7 nitrogen and oxygen atoms in total. The van der Waals surface area contributed by atoms with Crippen molar-refractivity contribution in [3.8, 4) is 11.1 Å². The van der Waals surface area contributed by atoms with Crippen molar-refractivity contribution < 1.29 is 23.9 Å². The zero-order valence-corrected chi connectivity index (χ0v) is 18.7. The number of amides is 2. The van der Waals surface area contributed by atoms with Crippen LogP contribution >= 0.6 is 0 Å². The van der Waals surface area contributed by atoms with E-state index in [1.165, 1.54) is 23.0 Å². The maximum atomic E-state index is 13.2. The van der Waals surface area contributed by atoms with Gasteiger partial charge in [0.05, 0.1) is 0 Å². The van der Waals surface area contributed by atoms with E-state index in [1.54, 1.807) is 4.90 Å². The van der Waals surface area contributed by atoms with Crippen LogP contribution in [-0.2, 0) is 19.1 Å². The van der Waals surface area contributed by atoms with Crippen LogP contribution in [0.5, 0.6) is 0 Å². The third kappa shape index (κ3) is 3.96. The Morgan fingerprint density at radius 1 is 0.879 bits per heavy atom. The van der Waals surface area contributed by atoms with Crippen molar-refractivity contribution in [1.29, 1.82) is 0 Å². The average Bonchev–Trinajstić information content (AvgIpc) is 3.55. The number of hydrogen-bond donors (Lipinski definition) is 0. The molecule has 2 aromatic rings. The predicted octanol–water partition coefficient (Wildman–Crippen LogP) is 3.91. The van der Waals surface area contributed by atoms with E-state index in [0.29, 0.717) is 25.9 Å². The molecule has 5 rings (SSSR count). The summed E-state index contributed by atoms with van der Waals surface area (Å²) in [5.74, 6) is -0.589. The molecule has 3 aliphatic rings. The van der Waals surface area contributed by atoms with Crippen LogP contribution in [0.15, 0.2) is 48.5 Å². The Bertz CT molecular complexity index is 1040. The molecule has 33 heavy (non-hydrogen) atoms. The number of ether oxygens (including phenoxy) is 2. The largest absolute Gasteiger partial charge is 0.448 e. The lowest BCUT2D eigenvalue weighted by Crippen LogP contribution is -2.50. The van der Waals surface area contributed by atoms with Gasteiger partial charge in [0.25, 0.3) is 0 Å². The van der Waals surface area contributed by atoms with Crippen molar-refractivity contribution in [3.05, 3.63) is 59.7 Å². The number of rotatable bonds is 4. The third-order valence-corrected chi connectivity index (χ3v) is 6.89. The number of likely N-dealkylation sites (tertiary alicyclic amines) is 2. The van der Waals surface area contributed by atoms with E-state index in [0.717, 1.165) is 24.0 Å². The Balaban J connectivity index is 1.27. The number of hydrogen-bond acceptors (Lipinski definition) is 5. The molecule has 0 N–H and O–H groups in total. The highest BCUT2D eigenvalue weighted by molar-refractivity contribution is 5.87. The molecule has 2 aromatic carbocycles. The summed E-state index contributed by atoms with van der Waals surface area (Å²) in [6, 6.07) is 15.8. The van der Waals surface area contributed by atoms with E-state index >= 15 is 0 Å². The number of benzene rings is 2. The SMILES string of the molecule is CC(=O)OC1CCCN1C(=O)[C@@H]1CCCN1C(=O)OCC1c2ccccc2-c2ccccc21. The van der Waals surface area contributed by atoms with E-state index < -0.39 is 24.3 Å². The number of fused-ring (bicyclic) bond motifs is 3. The molecule has 0 saturated carbocycles. The maximum Gasteiger partial charge on any atom is 0.410 e. The number of carbonyl (C=O) groups excluding carboxylic acids is 3. The van der Waals surface area contributed by atoms with Gasteiger partial charge in [-0.1, -0.05) is 48.5 Å². The van der Waals surface area contributed by atoms with Crippen LogP contribution in [0.25, 0.3) is 11.1 Å². The summed E-state index contributed by atoms with van der Waals surface area (Å²) in [5, 5.41) is 0. The quantitative estimate of drug-likeness (QED) is 0.663. The second kappa shape index (κ2) is 8.89. The second-order valence-electron chi connectivity index (χ2n) is 8.89. The summed E-state index contributed by atoms with van der Waals surface area (Å²) in [5.41, 5.74) is 4.66. The fraction of sp³-hybridized carbons (Fsp3) is 0.423. The minimum atomic E-state index is -0.572. The van der Waals surface area contributed by atoms with Crippen LogP contribution in [0, 0.1) is 0 Å². The number of esters is 1. The van der Waals surface area contributed by atoms with Gasteiger partial charge in [0.1, 0.15) is 12.6 Å². The van der Waals surface area contributed by atoms with Crippen LogP contribution < -0.4 is 0 Å². The summed E-state index contributed by atoms with van der Waals surface area (Å²) in [7, 11) is 0. The van der Waals surface area contributed by atoms with Gasteiger partial charge in [0, 0.05) is 32.4 Å². The van der Waals surface area contributed by atoms with Crippen molar-refractivity contribution in [2.75, 3.05) is 19.7 Å². The van der Waals surface area contributed by atoms with Crippen molar-refractivity contribution in [2.24, 2.45) is 0 Å². The first kappa shape index (κ1) is 21.5. The molecule has 0 aromatic heterocycles. The predicted molar refractivity (Wildman–Crippen MR) is 121 cm³/mol. The van der Waals surface area contributed by atoms with Crippen LogP contribution in [-0.4, -0.2) is 59.7 Å². The first-order chi connectivity index (χ1) is 16.0. The van der Waals surface area contributed by atoms with Gasteiger partial charge in [0.15, 0.2) is 6.23 Å². The van der Waals surface area contributed by atoms with Gasteiger partial charge in [-0.05, 0) is 41.5 Å². The maximum absolute atomic E-state index is 13.2. The highest BCUT2D eigenvalue weighted by Crippen LogP contribution is 2.44. The van der Waals surface area contributed by atoms with Crippen molar-refractivity contribution in [3.63, 3.8) is 0 Å². The van der Waals surface area contributed by atoms with E-state index in [4.69, 9.17) is 9.47 Å². The Hall–Kier alpha value is -3.35. The summed E-state index contributed by atoms with van der Waals surface area (Å²) in [6.45, 7) is 2.59. The Morgan fingerprint density at radius 3 is 2.15 bits per heavy atom. The zero-order chi connectivity index (χ0) is 22.9. The van der Waals surface area contributed by atoms with E-state index in [1.807, 2.05) is 24.3 Å². The molecule has 2 aliphatic heterocycles. The molecule has 0 radical (unpaired) electrons. The molecule has 2 heterocycles. The fourth-order valence-electron chi connectivity index (χ4n) is 5.41. The average molecular weight is 449 g/mol. The van der Waals surface area contributed by atoms with E-state index in [9.17, 15) is 14.4 Å². The zero-order valence-electron chi connectivity index (χ0n) is 18.7. The molecular formula is C26H28N2O5. The van der Waals surface area contributed by atoms with Gasteiger partial charge >= 0.3 is 12.1 Å². The molecule has 0 bridgehead atoms. The highest BCUT2D eigenvalue weighted by atomic mass is 16.6. The molecule has 1 aliphatic carbocycles. The molecule has 2 fully saturated rings. The lowest BCUT2D eigenvalue weighted by molar-refractivity contribution is -0.160. The van der Waals surface area contributed by atoms with Gasteiger partial charge in [-0.2, -0.15) is 0 Å². The summed E-state index contributed by atoms with van der Waals surface area (Å²) in [4.78, 5) is 40.8. The van der Waals surface area contributed by atoms with Gasteiger partial charge in [-0.25, -0.2) is 4.79 Å². The van der Waals surface area contributed by atoms with Gasteiger partial charge in [0.2, 0.25) is 5.91 Å². The minimum Gasteiger partial charge on any atom is -0.448 e. The summed E-state index contributed by atoms with van der Waals surface area (Å²) >= 11 is 0.